The van der Waals surface area contributed by atoms with Crippen molar-refractivity contribution in [3.05, 3.63) is 69.4 Å². The molecule has 4 aromatic rings. The van der Waals surface area contributed by atoms with Crippen molar-refractivity contribution in [1.82, 2.24) is 29.6 Å². The Bertz CT molecular complexity index is 1310. The van der Waals surface area contributed by atoms with Gasteiger partial charge in [-0.15, -0.1) is 0 Å². The highest BCUT2D eigenvalue weighted by atomic mass is 35.5. The highest BCUT2D eigenvalue weighted by molar-refractivity contribution is 6.29. The van der Waals surface area contributed by atoms with Crippen LogP contribution in [0, 0.1) is 0 Å². The molecule has 0 aliphatic carbocycles. The van der Waals surface area contributed by atoms with E-state index in [1.165, 1.54) is 11.1 Å². The van der Waals surface area contributed by atoms with Crippen molar-refractivity contribution in [2.24, 2.45) is 0 Å². The van der Waals surface area contributed by atoms with Gasteiger partial charge >= 0.3 is 0 Å². The number of halogens is 1. The highest BCUT2D eigenvalue weighted by Gasteiger charge is 2.17. The predicted octanol–water partition coefficient (Wildman–Crippen LogP) is 3.04. The van der Waals surface area contributed by atoms with Crippen LogP contribution in [-0.2, 0) is 19.5 Å². The molecule has 0 saturated carbocycles. The molecule has 8 nitrogen and oxygen atoms in total. The third-order valence-corrected chi connectivity index (χ3v) is 5.49. The van der Waals surface area contributed by atoms with Gasteiger partial charge in [-0.3, -0.25) is 4.79 Å². The van der Waals surface area contributed by atoms with E-state index >= 15 is 0 Å². The van der Waals surface area contributed by atoms with E-state index in [0.29, 0.717) is 28.7 Å². The SMILES string of the molecule is CCn1c(=O)c2cnc(Nc3ccc4c(c3)CCNC4)nc2n1-c1ccnc(Cl)c1. The van der Waals surface area contributed by atoms with E-state index in [0.717, 1.165) is 30.9 Å². The van der Waals surface area contributed by atoms with Gasteiger partial charge in [0.1, 0.15) is 10.5 Å². The molecule has 0 atom stereocenters. The van der Waals surface area contributed by atoms with E-state index in [-0.39, 0.29) is 5.56 Å². The molecule has 1 aliphatic rings. The average Bonchev–Trinajstić information content (AvgIpc) is 3.04. The van der Waals surface area contributed by atoms with Crippen molar-refractivity contribution in [2.75, 3.05) is 11.9 Å². The van der Waals surface area contributed by atoms with E-state index in [9.17, 15) is 4.79 Å². The smallest absolute Gasteiger partial charge is 0.278 e. The summed E-state index contributed by atoms with van der Waals surface area (Å²) in [5.41, 5.74) is 4.64. The van der Waals surface area contributed by atoms with Crippen molar-refractivity contribution < 1.29 is 0 Å². The minimum atomic E-state index is -0.145. The Hall–Kier alpha value is -3.23. The van der Waals surface area contributed by atoms with Crippen molar-refractivity contribution >= 4 is 34.3 Å². The van der Waals surface area contributed by atoms with Gasteiger partial charge in [-0.1, -0.05) is 17.7 Å². The quantitative estimate of drug-likeness (QED) is 0.492. The van der Waals surface area contributed by atoms with Gasteiger partial charge in [0.2, 0.25) is 5.95 Å². The van der Waals surface area contributed by atoms with E-state index < -0.39 is 0 Å². The van der Waals surface area contributed by atoms with Gasteiger partial charge in [0.25, 0.3) is 5.56 Å². The molecule has 30 heavy (non-hydrogen) atoms. The first kappa shape index (κ1) is 18.8. The molecule has 0 amide bonds. The summed E-state index contributed by atoms with van der Waals surface area (Å²) in [6.07, 6.45) is 4.17. The molecular formula is C21H20ClN7O. The Morgan fingerprint density at radius 1 is 1.20 bits per heavy atom. The molecule has 0 fully saturated rings. The van der Waals surface area contributed by atoms with Crippen LogP contribution in [0.15, 0.2) is 47.5 Å². The van der Waals surface area contributed by atoms with Gasteiger partial charge < -0.3 is 10.6 Å². The molecule has 1 aromatic carbocycles. The van der Waals surface area contributed by atoms with Crippen LogP contribution in [0.5, 0.6) is 0 Å². The van der Waals surface area contributed by atoms with Crippen LogP contribution >= 0.6 is 11.6 Å². The molecule has 152 valence electrons. The molecule has 0 spiro atoms. The number of aromatic nitrogens is 5. The molecule has 5 rings (SSSR count). The van der Waals surface area contributed by atoms with E-state index in [1.807, 2.05) is 13.0 Å². The second-order valence-electron chi connectivity index (χ2n) is 7.14. The Morgan fingerprint density at radius 3 is 2.93 bits per heavy atom. The van der Waals surface area contributed by atoms with Gasteiger partial charge in [0.05, 0.1) is 5.69 Å². The zero-order chi connectivity index (χ0) is 20.7. The van der Waals surface area contributed by atoms with Gasteiger partial charge in [-0.2, -0.15) is 4.98 Å². The maximum atomic E-state index is 12.9. The summed E-state index contributed by atoms with van der Waals surface area (Å²) in [6, 6.07) is 9.77. The number of nitrogens with one attached hydrogen (secondary N) is 2. The van der Waals surface area contributed by atoms with Crippen LogP contribution in [0.4, 0.5) is 11.6 Å². The normalized spacial score (nSPS) is 13.4. The lowest BCUT2D eigenvalue weighted by molar-refractivity contribution is 0.575. The molecule has 0 saturated heterocycles. The molecule has 9 heteroatoms. The maximum absolute atomic E-state index is 12.9. The van der Waals surface area contributed by atoms with Crippen LogP contribution in [0.1, 0.15) is 18.1 Å². The number of anilines is 2. The number of fused-ring (bicyclic) bond motifs is 2. The summed E-state index contributed by atoms with van der Waals surface area (Å²) in [5, 5.41) is 7.45. The molecule has 0 bridgehead atoms. The van der Waals surface area contributed by atoms with Gasteiger partial charge in [0.15, 0.2) is 5.65 Å². The van der Waals surface area contributed by atoms with Crippen molar-refractivity contribution in [1.29, 1.82) is 0 Å². The van der Waals surface area contributed by atoms with Gasteiger partial charge in [-0.05, 0) is 49.2 Å². The fourth-order valence-corrected chi connectivity index (χ4v) is 4.01. The average molecular weight is 422 g/mol. The molecule has 2 N–H and O–H groups in total. The second kappa shape index (κ2) is 7.55. The lowest BCUT2D eigenvalue weighted by Crippen LogP contribution is -2.23. The topological polar surface area (TPSA) is 89.7 Å². The monoisotopic (exact) mass is 421 g/mol. The Kier molecular flexibility index (Phi) is 4.72. The zero-order valence-electron chi connectivity index (χ0n) is 16.4. The lowest BCUT2D eigenvalue weighted by Gasteiger charge is -2.18. The van der Waals surface area contributed by atoms with Crippen molar-refractivity contribution in [2.45, 2.75) is 26.4 Å². The summed E-state index contributed by atoms with van der Waals surface area (Å²) in [7, 11) is 0. The lowest BCUT2D eigenvalue weighted by atomic mass is 10.0. The number of rotatable bonds is 4. The minimum absolute atomic E-state index is 0.145. The summed E-state index contributed by atoms with van der Waals surface area (Å²) in [6.45, 7) is 4.26. The van der Waals surface area contributed by atoms with E-state index in [1.54, 1.807) is 33.9 Å². The van der Waals surface area contributed by atoms with E-state index in [2.05, 4.69) is 37.7 Å². The third kappa shape index (κ3) is 3.24. The Morgan fingerprint density at radius 2 is 2.10 bits per heavy atom. The van der Waals surface area contributed by atoms with Crippen LogP contribution in [0.3, 0.4) is 0 Å². The number of benzene rings is 1. The first-order chi connectivity index (χ1) is 14.6. The number of pyridine rings is 1. The van der Waals surface area contributed by atoms with Crippen molar-refractivity contribution in [3.63, 3.8) is 0 Å². The predicted molar refractivity (Wildman–Crippen MR) is 117 cm³/mol. The number of nitrogens with zero attached hydrogens (tertiary/aromatic N) is 5. The van der Waals surface area contributed by atoms with Crippen LogP contribution in [0.25, 0.3) is 16.7 Å². The summed E-state index contributed by atoms with van der Waals surface area (Å²) >= 11 is 6.08. The molecule has 0 unspecified atom stereocenters. The zero-order valence-corrected chi connectivity index (χ0v) is 17.1. The first-order valence-electron chi connectivity index (χ1n) is 9.84. The molecule has 4 heterocycles. The number of hydrogen-bond acceptors (Lipinski definition) is 6. The Labute approximate surface area is 177 Å². The van der Waals surface area contributed by atoms with Crippen LogP contribution in [-0.4, -0.2) is 30.9 Å². The van der Waals surface area contributed by atoms with Crippen molar-refractivity contribution in [3.8, 4) is 5.69 Å². The number of hydrogen-bond donors (Lipinski definition) is 2. The molecule has 0 radical (unpaired) electrons. The van der Waals surface area contributed by atoms with E-state index in [4.69, 9.17) is 11.6 Å². The third-order valence-electron chi connectivity index (χ3n) is 5.28. The second-order valence-corrected chi connectivity index (χ2v) is 7.52. The molecular weight excluding hydrogens is 402 g/mol. The summed E-state index contributed by atoms with van der Waals surface area (Å²) < 4.78 is 3.37. The minimum Gasteiger partial charge on any atom is -0.324 e. The summed E-state index contributed by atoms with van der Waals surface area (Å²) in [4.78, 5) is 25.9. The van der Waals surface area contributed by atoms with Crippen LogP contribution < -0.4 is 16.2 Å². The fraction of sp³-hybridized carbons (Fsp3) is 0.238. The fourth-order valence-electron chi connectivity index (χ4n) is 3.84. The molecule has 1 aliphatic heterocycles. The molecule has 3 aromatic heterocycles. The largest absolute Gasteiger partial charge is 0.324 e. The van der Waals surface area contributed by atoms with Crippen LogP contribution in [0.2, 0.25) is 5.15 Å². The summed E-state index contributed by atoms with van der Waals surface area (Å²) in [5.74, 6) is 0.429. The van der Waals surface area contributed by atoms with Gasteiger partial charge in [-0.25, -0.2) is 19.3 Å². The maximum Gasteiger partial charge on any atom is 0.278 e. The first-order valence-corrected chi connectivity index (χ1v) is 10.2. The highest BCUT2D eigenvalue weighted by Crippen LogP contribution is 2.23. The van der Waals surface area contributed by atoms with Gasteiger partial charge in [0, 0.05) is 37.2 Å². The standard InChI is InChI=1S/C21H20ClN7O/c1-2-28-20(30)17-12-25-21(26-15-4-3-14-11-23-7-5-13(14)9-15)27-19(17)29(28)16-6-8-24-18(22)10-16/h3-4,6,8-10,12,23H,2,5,7,11H2,1H3,(H,25,26,27). The Balaban J connectivity index is 1.60.